The number of nitrogen functional groups attached to an aromatic ring is 1. The fourth-order valence-corrected chi connectivity index (χ4v) is 2.19. The molecule has 0 aliphatic heterocycles. The molecule has 2 heterocycles. The van der Waals surface area contributed by atoms with E-state index in [0.717, 1.165) is 6.42 Å². The van der Waals surface area contributed by atoms with Gasteiger partial charge >= 0.3 is 0 Å². The molecule has 3 N–H and O–H groups in total. The number of aromatic nitrogens is 3. The fraction of sp³-hybridized carbons (Fsp3) is 0.250. The van der Waals surface area contributed by atoms with Crippen molar-refractivity contribution in [2.75, 3.05) is 11.1 Å². The average molecular weight is 314 g/mol. The molecule has 20 heavy (non-hydrogen) atoms. The highest BCUT2D eigenvalue weighted by molar-refractivity contribution is 6.32. The first kappa shape index (κ1) is 14.6. The van der Waals surface area contributed by atoms with Crippen molar-refractivity contribution in [2.24, 2.45) is 0 Å². The Morgan fingerprint density at radius 2 is 2.15 bits per heavy atom. The van der Waals surface area contributed by atoms with E-state index in [-0.39, 0.29) is 22.2 Å². The lowest BCUT2D eigenvalue weighted by atomic mass is 10.3. The van der Waals surface area contributed by atoms with Gasteiger partial charge in [-0.25, -0.2) is 9.97 Å². The van der Waals surface area contributed by atoms with E-state index in [4.69, 9.17) is 28.9 Å². The fourth-order valence-electron chi connectivity index (χ4n) is 1.78. The zero-order valence-corrected chi connectivity index (χ0v) is 12.2. The van der Waals surface area contributed by atoms with Crippen molar-refractivity contribution in [2.45, 2.75) is 19.9 Å². The normalized spacial score (nSPS) is 10.6. The number of halogens is 2. The number of nitrogens with one attached hydrogen (secondary N) is 1. The Kier molecular flexibility index (Phi) is 4.46. The molecule has 2 aromatic heterocycles. The quantitative estimate of drug-likeness (QED) is 0.671. The maximum absolute atomic E-state index is 12.2. The van der Waals surface area contributed by atoms with Gasteiger partial charge in [0.1, 0.15) is 16.7 Å². The van der Waals surface area contributed by atoms with Gasteiger partial charge in [-0.05, 0) is 24.1 Å². The third-order valence-corrected chi connectivity index (χ3v) is 2.89. The van der Waals surface area contributed by atoms with E-state index in [2.05, 4.69) is 15.3 Å². The van der Waals surface area contributed by atoms with Crippen molar-refractivity contribution < 1.29 is 4.79 Å². The van der Waals surface area contributed by atoms with Crippen LogP contribution in [0.15, 0.2) is 18.3 Å². The zero-order chi connectivity index (χ0) is 14.7. The second-order valence-electron chi connectivity index (χ2n) is 4.15. The molecule has 0 saturated carbocycles. The Hall–Kier alpha value is -1.79. The number of rotatable bonds is 4. The lowest BCUT2D eigenvalue weighted by Crippen LogP contribution is -2.17. The molecule has 0 atom stereocenters. The van der Waals surface area contributed by atoms with Gasteiger partial charge in [0.15, 0.2) is 0 Å². The maximum atomic E-state index is 12.2. The van der Waals surface area contributed by atoms with Crippen LogP contribution in [0.4, 0.5) is 11.5 Å². The highest BCUT2D eigenvalue weighted by Crippen LogP contribution is 2.17. The summed E-state index contributed by atoms with van der Waals surface area (Å²) in [4.78, 5) is 19.8. The van der Waals surface area contributed by atoms with Gasteiger partial charge in [0.2, 0.25) is 5.28 Å². The van der Waals surface area contributed by atoms with Gasteiger partial charge in [0.25, 0.3) is 5.91 Å². The molecule has 0 unspecified atom stereocenters. The summed E-state index contributed by atoms with van der Waals surface area (Å²) in [7, 11) is 0. The molecule has 0 aromatic carbocycles. The second-order valence-corrected chi connectivity index (χ2v) is 4.88. The Morgan fingerprint density at radius 1 is 1.40 bits per heavy atom. The van der Waals surface area contributed by atoms with Crippen LogP contribution in [-0.4, -0.2) is 20.4 Å². The summed E-state index contributed by atoms with van der Waals surface area (Å²) in [6.07, 6.45) is 2.61. The maximum Gasteiger partial charge on any atom is 0.273 e. The number of nitrogens with zero attached hydrogens (tertiary/aromatic N) is 3. The van der Waals surface area contributed by atoms with Crippen LogP contribution in [0.5, 0.6) is 0 Å². The first-order valence-electron chi connectivity index (χ1n) is 5.96. The van der Waals surface area contributed by atoms with Gasteiger partial charge in [0.05, 0.1) is 5.69 Å². The third-order valence-electron chi connectivity index (χ3n) is 2.52. The zero-order valence-electron chi connectivity index (χ0n) is 10.7. The van der Waals surface area contributed by atoms with E-state index in [1.165, 1.54) is 6.07 Å². The van der Waals surface area contributed by atoms with Gasteiger partial charge in [0, 0.05) is 18.8 Å². The van der Waals surface area contributed by atoms with E-state index in [9.17, 15) is 4.79 Å². The Labute approximate surface area is 125 Å². The van der Waals surface area contributed by atoms with E-state index in [1.54, 1.807) is 16.8 Å². The Balaban J connectivity index is 2.23. The Bertz CT molecular complexity index is 621. The number of hydrogen-bond donors (Lipinski definition) is 2. The van der Waals surface area contributed by atoms with E-state index in [0.29, 0.717) is 17.9 Å². The number of hydrogen-bond acceptors (Lipinski definition) is 4. The van der Waals surface area contributed by atoms with Crippen LogP contribution in [0.25, 0.3) is 0 Å². The van der Waals surface area contributed by atoms with E-state index >= 15 is 0 Å². The number of carbonyl (C=O) groups is 1. The van der Waals surface area contributed by atoms with Crippen molar-refractivity contribution in [1.29, 1.82) is 0 Å². The minimum atomic E-state index is -0.332. The van der Waals surface area contributed by atoms with Crippen molar-refractivity contribution >= 4 is 40.6 Å². The third kappa shape index (κ3) is 3.40. The van der Waals surface area contributed by atoms with Crippen LogP contribution >= 0.6 is 23.2 Å². The van der Waals surface area contributed by atoms with Crippen molar-refractivity contribution in [3.63, 3.8) is 0 Å². The second kappa shape index (κ2) is 6.11. The number of nitrogens with two attached hydrogens (primary N) is 1. The largest absolute Gasteiger partial charge is 0.397 e. The predicted octanol–water partition coefficient (Wildman–Crippen LogP) is 2.83. The first-order valence-corrected chi connectivity index (χ1v) is 6.72. The van der Waals surface area contributed by atoms with Gasteiger partial charge in [-0.3, -0.25) is 4.79 Å². The van der Waals surface area contributed by atoms with Crippen molar-refractivity contribution in [1.82, 2.24) is 14.5 Å². The molecule has 0 saturated heterocycles. The lowest BCUT2D eigenvalue weighted by Gasteiger charge is -2.08. The van der Waals surface area contributed by atoms with Crippen LogP contribution in [-0.2, 0) is 6.54 Å². The summed E-state index contributed by atoms with van der Waals surface area (Å²) in [5, 5.41) is 2.74. The molecule has 6 nitrogen and oxygen atoms in total. The molecule has 2 aromatic rings. The Morgan fingerprint density at radius 3 is 2.80 bits per heavy atom. The summed E-state index contributed by atoms with van der Waals surface area (Å²) in [6, 6.07) is 3.02. The molecule has 0 aliphatic carbocycles. The molecule has 8 heteroatoms. The average Bonchev–Trinajstić information content (AvgIpc) is 2.69. The van der Waals surface area contributed by atoms with E-state index in [1.807, 2.05) is 6.92 Å². The summed E-state index contributed by atoms with van der Waals surface area (Å²) in [6.45, 7) is 2.72. The SMILES string of the molecule is CCCn1cc(N)cc1C(=O)Nc1cc(Cl)nc(Cl)n1. The van der Waals surface area contributed by atoms with Crippen LogP contribution in [0.2, 0.25) is 10.4 Å². The molecule has 0 bridgehead atoms. The van der Waals surface area contributed by atoms with Gasteiger partial charge < -0.3 is 15.6 Å². The molecule has 0 fully saturated rings. The predicted molar refractivity (Wildman–Crippen MR) is 79.1 cm³/mol. The van der Waals surface area contributed by atoms with Crippen molar-refractivity contribution in [3.05, 3.63) is 34.5 Å². The lowest BCUT2D eigenvalue weighted by molar-refractivity contribution is 0.101. The number of aryl methyl sites for hydroxylation is 1. The molecule has 106 valence electrons. The summed E-state index contributed by atoms with van der Waals surface area (Å²) < 4.78 is 1.79. The smallest absolute Gasteiger partial charge is 0.273 e. The van der Waals surface area contributed by atoms with Crippen LogP contribution in [0, 0.1) is 0 Å². The number of amides is 1. The monoisotopic (exact) mass is 313 g/mol. The summed E-state index contributed by atoms with van der Waals surface area (Å²) >= 11 is 11.4. The molecule has 0 aliphatic rings. The minimum absolute atomic E-state index is 0.0312. The molecule has 0 radical (unpaired) electrons. The van der Waals surface area contributed by atoms with E-state index < -0.39 is 0 Å². The molecule has 2 rings (SSSR count). The molecular weight excluding hydrogens is 301 g/mol. The van der Waals surface area contributed by atoms with Gasteiger partial charge in [-0.15, -0.1) is 0 Å². The standard InChI is InChI=1S/C12H13Cl2N5O/c1-2-3-19-6-7(15)4-8(19)11(20)17-10-5-9(13)16-12(14)18-10/h4-6H,2-3,15H2,1H3,(H,16,17,18,20). The molecule has 1 amide bonds. The highest BCUT2D eigenvalue weighted by atomic mass is 35.5. The summed E-state index contributed by atoms with van der Waals surface area (Å²) in [5.74, 6) is -0.0937. The van der Waals surface area contributed by atoms with Crippen LogP contribution in [0.1, 0.15) is 23.8 Å². The first-order chi connectivity index (χ1) is 9.49. The highest BCUT2D eigenvalue weighted by Gasteiger charge is 2.14. The summed E-state index contributed by atoms with van der Waals surface area (Å²) in [5.41, 5.74) is 6.70. The number of anilines is 2. The molecule has 0 spiro atoms. The van der Waals surface area contributed by atoms with Gasteiger partial charge in [-0.1, -0.05) is 18.5 Å². The van der Waals surface area contributed by atoms with Crippen LogP contribution in [0.3, 0.4) is 0 Å². The van der Waals surface area contributed by atoms with Crippen molar-refractivity contribution in [3.8, 4) is 0 Å². The molecular formula is C12H13Cl2N5O. The van der Waals surface area contributed by atoms with Crippen LogP contribution < -0.4 is 11.1 Å². The topological polar surface area (TPSA) is 85.8 Å². The minimum Gasteiger partial charge on any atom is -0.397 e. The number of carbonyl (C=O) groups excluding carboxylic acids is 1. The van der Waals surface area contributed by atoms with Gasteiger partial charge in [-0.2, -0.15) is 0 Å².